The van der Waals surface area contributed by atoms with Gasteiger partial charge in [-0.3, -0.25) is 0 Å². The molecule has 1 aliphatic heterocycles. The highest BCUT2D eigenvalue weighted by molar-refractivity contribution is 4.91. The molecule has 0 aromatic rings. The van der Waals surface area contributed by atoms with Crippen LogP contribution in [0.5, 0.6) is 0 Å². The molecular formula is C12H25N. The summed E-state index contributed by atoms with van der Waals surface area (Å²) in [6.45, 7) is 11.7. The minimum Gasteiger partial charge on any atom is -0.309 e. The molecule has 1 fully saturated rings. The molecule has 0 amide bonds. The van der Waals surface area contributed by atoms with E-state index in [2.05, 4.69) is 39.9 Å². The second-order valence-electron chi connectivity index (χ2n) is 5.58. The van der Waals surface area contributed by atoms with Gasteiger partial charge in [-0.2, -0.15) is 0 Å². The normalized spacial score (nSPS) is 33.7. The minimum atomic E-state index is 0.355. The Morgan fingerprint density at radius 3 is 2.46 bits per heavy atom. The summed E-state index contributed by atoms with van der Waals surface area (Å²) in [7, 11) is 0. The first-order chi connectivity index (χ1) is 5.94. The van der Waals surface area contributed by atoms with Crippen molar-refractivity contribution in [2.45, 2.75) is 65.5 Å². The molecule has 2 atom stereocenters. The molecule has 0 bridgehead atoms. The van der Waals surface area contributed by atoms with Crippen LogP contribution in [0.15, 0.2) is 0 Å². The molecule has 0 spiro atoms. The summed E-state index contributed by atoms with van der Waals surface area (Å²) >= 11 is 0. The fraction of sp³-hybridized carbons (Fsp3) is 1.00. The fourth-order valence-electron chi connectivity index (χ4n) is 2.55. The summed E-state index contributed by atoms with van der Waals surface area (Å²) in [6.07, 6.45) is 3.98. The van der Waals surface area contributed by atoms with E-state index in [-0.39, 0.29) is 0 Å². The second kappa shape index (κ2) is 4.00. The highest BCUT2D eigenvalue weighted by atomic mass is 15.0. The summed E-state index contributed by atoms with van der Waals surface area (Å²) < 4.78 is 0. The van der Waals surface area contributed by atoms with Crippen molar-refractivity contribution in [3.8, 4) is 0 Å². The van der Waals surface area contributed by atoms with Gasteiger partial charge in [0.05, 0.1) is 0 Å². The SMILES string of the molecule is CC[C@@H]1CC(C(C)C)CC(C)(C)N1. The molecule has 1 rings (SSSR count). The summed E-state index contributed by atoms with van der Waals surface area (Å²) in [5, 5.41) is 3.73. The first kappa shape index (κ1) is 11.0. The van der Waals surface area contributed by atoms with E-state index in [4.69, 9.17) is 0 Å². The molecule has 0 radical (unpaired) electrons. The van der Waals surface area contributed by atoms with Gasteiger partial charge in [0.25, 0.3) is 0 Å². The van der Waals surface area contributed by atoms with Gasteiger partial charge in [-0.1, -0.05) is 20.8 Å². The average Bonchev–Trinajstić information content (AvgIpc) is 2.01. The molecule has 1 N–H and O–H groups in total. The average molecular weight is 183 g/mol. The third-order valence-electron chi connectivity index (χ3n) is 3.39. The monoisotopic (exact) mass is 183 g/mol. The van der Waals surface area contributed by atoms with E-state index in [9.17, 15) is 0 Å². The van der Waals surface area contributed by atoms with Crippen LogP contribution < -0.4 is 5.32 Å². The van der Waals surface area contributed by atoms with E-state index in [1.807, 2.05) is 0 Å². The summed E-state index contributed by atoms with van der Waals surface area (Å²) in [5.41, 5.74) is 0.355. The third-order valence-corrected chi connectivity index (χ3v) is 3.39. The van der Waals surface area contributed by atoms with Gasteiger partial charge in [0.1, 0.15) is 0 Å². The van der Waals surface area contributed by atoms with Crippen LogP contribution in [-0.2, 0) is 0 Å². The zero-order valence-electron chi connectivity index (χ0n) is 9.85. The van der Waals surface area contributed by atoms with Crippen LogP contribution in [0.3, 0.4) is 0 Å². The first-order valence-corrected chi connectivity index (χ1v) is 5.72. The molecule has 0 aliphatic carbocycles. The molecule has 1 heteroatoms. The minimum absolute atomic E-state index is 0.355. The van der Waals surface area contributed by atoms with Crippen LogP contribution >= 0.6 is 0 Å². The van der Waals surface area contributed by atoms with E-state index < -0.39 is 0 Å². The Labute approximate surface area is 83.3 Å². The number of rotatable bonds is 2. The maximum Gasteiger partial charge on any atom is 0.0130 e. The van der Waals surface area contributed by atoms with Gasteiger partial charge in [-0.05, 0) is 44.9 Å². The third kappa shape index (κ3) is 2.98. The van der Waals surface area contributed by atoms with Gasteiger partial charge < -0.3 is 5.32 Å². The quantitative estimate of drug-likeness (QED) is 0.693. The second-order valence-corrected chi connectivity index (χ2v) is 5.58. The Kier molecular flexibility index (Phi) is 3.39. The van der Waals surface area contributed by atoms with E-state index >= 15 is 0 Å². The maximum atomic E-state index is 3.73. The fourth-order valence-corrected chi connectivity index (χ4v) is 2.55. The van der Waals surface area contributed by atoms with Gasteiger partial charge in [0.2, 0.25) is 0 Å². The highest BCUT2D eigenvalue weighted by Gasteiger charge is 2.33. The number of hydrogen-bond acceptors (Lipinski definition) is 1. The van der Waals surface area contributed by atoms with E-state index in [1.165, 1.54) is 19.3 Å². The van der Waals surface area contributed by atoms with Crippen LogP contribution in [0.4, 0.5) is 0 Å². The van der Waals surface area contributed by atoms with Gasteiger partial charge in [-0.15, -0.1) is 0 Å². The molecule has 0 aromatic heterocycles. The van der Waals surface area contributed by atoms with Crippen molar-refractivity contribution < 1.29 is 0 Å². The summed E-state index contributed by atoms with van der Waals surface area (Å²) in [6, 6.07) is 0.746. The zero-order valence-corrected chi connectivity index (χ0v) is 9.85. The van der Waals surface area contributed by atoms with Gasteiger partial charge in [-0.25, -0.2) is 0 Å². The molecule has 1 heterocycles. The predicted octanol–water partition coefficient (Wildman–Crippen LogP) is 3.20. The lowest BCUT2D eigenvalue weighted by molar-refractivity contribution is 0.144. The van der Waals surface area contributed by atoms with Gasteiger partial charge >= 0.3 is 0 Å². The maximum absolute atomic E-state index is 3.73. The van der Waals surface area contributed by atoms with E-state index in [1.54, 1.807) is 0 Å². The topological polar surface area (TPSA) is 12.0 Å². The Bertz CT molecular complexity index is 161. The lowest BCUT2D eigenvalue weighted by Crippen LogP contribution is -2.52. The number of hydrogen-bond donors (Lipinski definition) is 1. The van der Waals surface area contributed by atoms with Crippen molar-refractivity contribution in [3.63, 3.8) is 0 Å². The molecular weight excluding hydrogens is 158 g/mol. The van der Waals surface area contributed by atoms with Crippen LogP contribution in [0.1, 0.15) is 53.9 Å². The molecule has 1 unspecified atom stereocenters. The Hall–Kier alpha value is -0.0400. The van der Waals surface area contributed by atoms with Crippen LogP contribution in [0, 0.1) is 11.8 Å². The largest absolute Gasteiger partial charge is 0.309 e. The molecule has 13 heavy (non-hydrogen) atoms. The Balaban J connectivity index is 2.60. The molecule has 1 saturated heterocycles. The molecule has 0 aromatic carbocycles. The first-order valence-electron chi connectivity index (χ1n) is 5.72. The molecule has 0 saturated carbocycles. The van der Waals surface area contributed by atoms with Gasteiger partial charge in [0.15, 0.2) is 0 Å². The van der Waals surface area contributed by atoms with Crippen molar-refractivity contribution in [3.05, 3.63) is 0 Å². The molecule has 1 aliphatic rings. The van der Waals surface area contributed by atoms with Crippen molar-refractivity contribution in [1.29, 1.82) is 0 Å². The smallest absolute Gasteiger partial charge is 0.0130 e. The summed E-state index contributed by atoms with van der Waals surface area (Å²) in [4.78, 5) is 0. The van der Waals surface area contributed by atoms with Crippen molar-refractivity contribution in [2.24, 2.45) is 11.8 Å². The Morgan fingerprint density at radius 2 is 2.00 bits per heavy atom. The van der Waals surface area contributed by atoms with Gasteiger partial charge in [0, 0.05) is 11.6 Å². The number of nitrogens with one attached hydrogen (secondary N) is 1. The summed E-state index contributed by atoms with van der Waals surface area (Å²) in [5.74, 6) is 1.76. The van der Waals surface area contributed by atoms with Crippen LogP contribution in [0.2, 0.25) is 0 Å². The number of piperidine rings is 1. The van der Waals surface area contributed by atoms with E-state index in [0.29, 0.717) is 5.54 Å². The van der Waals surface area contributed by atoms with Crippen molar-refractivity contribution in [1.82, 2.24) is 5.32 Å². The highest BCUT2D eigenvalue weighted by Crippen LogP contribution is 2.32. The zero-order chi connectivity index (χ0) is 10.1. The standard InChI is InChI=1S/C12H25N/c1-6-11-7-10(9(2)3)8-12(4,5)13-11/h9-11,13H,6-8H2,1-5H3/t10?,11-/m1/s1. The van der Waals surface area contributed by atoms with E-state index in [0.717, 1.165) is 17.9 Å². The van der Waals surface area contributed by atoms with Crippen molar-refractivity contribution in [2.75, 3.05) is 0 Å². The Morgan fingerprint density at radius 1 is 1.38 bits per heavy atom. The lowest BCUT2D eigenvalue weighted by atomic mass is 9.75. The predicted molar refractivity (Wildman–Crippen MR) is 58.9 cm³/mol. The van der Waals surface area contributed by atoms with Crippen molar-refractivity contribution >= 4 is 0 Å². The van der Waals surface area contributed by atoms with Crippen LogP contribution in [0.25, 0.3) is 0 Å². The van der Waals surface area contributed by atoms with Crippen LogP contribution in [-0.4, -0.2) is 11.6 Å². The molecule has 1 nitrogen and oxygen atoms in total. The molecule has 78 valence electrons. The lowest BCUT2D eigenvalue weighted by Gasteiger charge is -2.43.